The molecule has 1 aliphatic heterocycles. The minimum Gasteiger partial charge on any atom is -0.369 e. The van der Waals surface area contributed by atoms with Gasteiger partial charge in [-0.3, -0.25) is 14.5 Å². The van der Waals surface area contributed by atoms with Crippen LogP contribution in [0, 0.1) is 19.8 Å². The first-order valence-electron chi connectivity index (χ1n) is 11.5. The lowest BCUT2D eigenvalue weighted by Gasteiger charge is -2.31. The number of piperidine rings is 1. The number of nitrogens with two attached hydrogens (primary N) is 1. The smallest absolute Gasteiger partial charge is 0.251 e. The lowest BCUT2D eigenvalue weighted by molar-refractivity contribution is -0.123. The first-order chi connectivity index (χ1) is 15.9. The van der Waals surface area contributed by atoms with Crippen molar-refractivity contribution in [3.8, 4) is 5.69 Å². The third-order valence-corrected chi connectivity index (χ3v) is 6.42. The van der Waals surface area contributed by atoms with Gasteiger partial charge < -0.3 is 15.6 Å². The van der Waals surface area contributed by atoms with Crippen molar-refractivity contribution >= 4 is 11.8 Å². The van der Waals surface area contributed by atoms with Crippen molar-refractivity contribution in [1.29, 1.82) is 0 Å². The Hall–Kier alpha value is -3.38. The standard InChI is InChI=1S/C27H32N4O2/c1-19-8-9-20(2)31(19)25-12-10-23(11-13-25)27(33)29-16-21-5-3-6-22(15-21)17-30-14-4-7-24(18-30)26(28)32/h3,5-6,8-13,15,24H,4,7,14,16-18H2,1-2H3,(H2,28,32)(H,29,33). The zero-order valence-electron chi connectivity index (χ0n) is 19.4. The molecular formula is C27H32N4O2. The second-order valence-corrected chi connectivity index (χ2v) is 8.98. The number of hydrogen-bond donors (Lipinski definition) is 2. The molecule has 1 atom stereocenters. The number of nitrogens with one attached hydrogen (secondary N) is 1. The predicted molar refractivity (Wildman–Crippen MR) is 130 cm³/mol. The minimum atomic E-state index is -0.206. The number of likely N-dealkylation sites (tertiary alicyclic amines) is 1. The van der Waals surface area contributed by atoms with Crippen LogP contribution in [-0.4, -0.2) is 34.4 Å². The van der Waals surface area contributed by atoms with Gasteiger partial charge in [-0.15, -0.1) is 0 Å². The quantitative estimate of drug-likeness (QED) is 0.583. The molecular weight excluding hydrogens is 412 g/mol. The normalized spacial score (nSPS) is 16.5. The molecule has 2 aromatic carbocycles. The van der Waals surface area contributed by atoms with Gasteiger partial charge in [0.05, 0.1) is 5.92 Å². The fraction of sp³-hybridized carbons (Fsp3) is 0.333. The van der Waals surface area contributed by atoms with Gasteiger partial charge in [0.15, 0.2) is 0 Å². The van der Waals surface area contributed by atoms with Gasteiger partial charge in [-0.1, -0.05) is 24.3 Å². The van der Waals surface area contributed by atoms with E-state index in [0.717, 1.165) is 37.2 Å². The van der Waals surface area contributed by atoms with E-state index in [2.05, 4.69) is 52.9 Å². The molecule has 0 aliphatic carbocycles. The SMILES string of the molecule is Cc1ccc(C)n1-c1ccc(C(=O)NCc2cccc(CN3CCCC(C(N)=O)C3)c2)cc1. The van der Waals surface area contributed by atoms with Crippen LogP contribution in [0.1, 0.15) is 45.7 Å². The molecule has 0 bridgehead atoms. The molecule has 0 saturated carbocycles. The molecule has 0 radical (unpaired) electrons. The van der Waals surface area contributed by atoms with Crippen LogP contribution in [0.15, 0.2) is 60.7 Å². The summed E-state index contributed by atoms with van der Waals surface area (Å²) in [4.78, 5) is 26.5. The van der Waals surface area contributed by atoms with Crippen molar-refractivity contribution in [2.45, 2.75) is 39.8 Å². The first kappa shape index (κ1) is 22.8. The van der Waals surface area contributed by atoms with Crippen molar-refractivity contribution in [2.24, 2.45) is 11.7 Å². The second kappa shape index (κ2) is 10.0. The van der Waals surface area contributed by atoms with E-state index in [1.165, 1.54) is 17.0 Å². The monoisotopic (exact) mass is 444 g/mol. The summed E-state index contributed by atoms with van der Waals surface area (Å²) >= 11 is 0. The van der Waals surface area contributed by atoms with Gasteiger partial charge in [-0.25, -0.2) is 0 Å². The van der Waals surface area contributed by atoms with E-state index in [1.807, 2.05) is 36.4 Å². The summed E-state index contributed by atoms with van der Waals surface area (Å²) in [6, 6.07) is 20.1. The van der Waals surface area contributed by atoms with E-state index < -0.39 is 0 Å². The summed E-state index contributed by atoms with van der Waals surface area (Å²) in [5.41, 5.74) is 11.8. The molecule has 1 saturated heterocycles. The molecule has 3 N–H and O–H groups in total. The van der Waals surface area contributed by atoms with Crippen molar-refractivity contribution in [1.82, 2.24) is 14.8 Å². The highest BCUT2D eigenvalue weighted by Crippen LogP contribution is 2.19. The van der Waals surface area contributed by atoms with Crippen LogP contribution in [0.25, 0.3) is 5.69 Å². The van der Waals surface area contributed by atoms with E-state index in [9.17, 15) is 9.59 Å². The van der Waals surface area contributed by atoms with Gasteiger partial charge in [0.25, 0.3) is 5.91 Å². The molecule has 33 heavy (non-hydrogen) atoms. The zero-order valence-corrected chi connectivity index (χ0v) is 19.4. The Balaban J connectivity index is 1.34. The Labute approximate surface area is 195 Å². The molecule has 1 fully saturated rings. The summed E-state index contributed by atoms with van der Waals surface area (Å²) in [7, 11) is 0. The Kier molecular flexibility index (Phi) is 6.94. The number of primary amides is 1. The maximum atomic E-state index is 12.7. The molecule has 3 aromatic rings. The minimum absolute atomic E-state index is 0.0575. The van der Waals surface area contributed by atoms with Gasteiger partial charge in [-0.2, -0.15) is 0 Å². The van der Waals surface area contributed by atoms with Crippen LogP contribution >= 0.6 is 0 Å². The van der Waals surface area contributed by atoms with Crippen molar-refractivity contribution < 1.29 is 9.59 Å². The number of carbonyl (C=O) groups excluding carboxylic acids is 2. The summed E-state index contributed by atoms with van der Waals surface area (Å²) in [5.74, 6) is -0.353. The lowest BCUT2D eigenvalue weighted by atomic mass is 9.97. The van der Waals surface area contributed by atoms with Crippen LogP contribution < -0.4 is 11.1 Å². The van der Waals surface area contributed by atoms with E-state index in [0.29, 0.717) is 18.7 Å². The Bertz CT molecular complexity index is 1110. The number of rotatable bonds is 7. The largest absolute Gasteiger partial charge is 0.369 e. The summed E-state index contributed by atoms with van der Waals surface area (Å²) in [6.07, 6.45) is 1.87. The molecule has 1 aliphatic rings. The number of nitrogens with zero attached hydrogens (tertiary/aromatic N) is 2. The van der Waals surface area contributed by atoms with Crippen LogP contribution in [-0.2, 0) is 17.9 Å². The Morgan fingerprint density at radius 3 is 2.39 bits per heavy atom. The molecule has 4 rings (SSSR count). The summed E-state index contributed by atoms with van der Waals surface area (Å²) in [6.45, 7) is 7.09. The van der Waals surface area contributed by atoms with Crippen molar-refractivity contribution in [2.75, 3.05) is 13.1 Å². The number of aryl methyl sites for hydroxylation is 2. The fourth-order valence-corrected chi connectivity index (χ4v) is 4.65. The Morgan fingerprint density at radius 1 is 1.00 bits per heavy atom. The third-order valence-electron chi connectivity index (χ3n) is 6.42. The van der Waals surface area contributed by atoms with Gasteiger partial charge >= 0.3 is 0 Å². The van der Waals surface area contributed by atoms with E-state index in [4.69, 9.17) is 5.73 Å². The molecule has 1 aromatic heterocycles. The van der Waals surface area contributed by atoms with Crippen LogP contribution in [0.5, 0.6) is 0 Å². The number of amides is 2. The number of aromatic nitrogens is 1. The van der Waals surface area contributed by atoms with Gasteiger partial charge in [0.2, 0.25) is 5.91 Å². The highest BCUT2D eigenvalue weighted by Gasteiger charge is 2.23. The fourth-order valence-electron chi connectivity index (χ4n) is 4.65. The third kappa shape index (κ3) is 5.52. The molecule has 2 amide bonds. The maximum Gasteiger partial charge on any atom is 0.251 e. The van der Waals surface area contributed by atoms with Crippen LogP contribution in [0.3, 0.4) is 0 Å². The first-order valence-corrected chi connectivity index (χ1v) is 11.5. The van der Waals surface area contributed by atoms with Gasteiger partial charge in [0.1, 0.15) is 0 Å². The lowest BCUT2D eigenvalue weighted by Crippen LogP contribution is -2.40. The van der Waals surface area contributed by atoms with Crippen LogP contribution in [0.2, 0.25) is 0 Å². The average Bonchev–Trinajstić information content (AvgIpc) is 3.16. The summed E-state index contributed by atoms with van der Waals surface area (Å²) < 4.78 is 2.17. The van der Waals surface area contributed by atoms with E-state index in [-0.39, 0.29) is 17.7 Å². The van der Waals surface area contributed by atoms with Gasteiger partial charge in [-0.05, 0) is 80.8 Å². The molecule has 2 heterocycles. The number of hydrogen-bond acceptors (Lipinski definition) is 3. The number of carbonyl (C=O) groups is 2. The van der Waals surface area contributed by atoms with Crippen LogP contribution in [0.4, 0.5) is 0 Å². The molecule has 1 unspecified atom stereocenters. The topological polar surface area (TPSA) is 80.4 Å². The molecule has 6 nitrogen and oxygen atoms in total. The summed E-state index contributed by atoms with van der Waals surface area (Å²) in [5, 5.41) is 3.02. The van der Waals surface area contributed by atoms with Crippen molar-refractivity contribution in [3.63, 3.8) is 0 Å². The van der Waals surface area contributed by atoms with Gasteiger partial charge in [0, 0.05) is 42.3 Å². The number of benzene rings is 2. The zero-order chi connectivity index (χ0) is 23.4. The highest BCUT2D eigenvalue weighted by atomic mass is 16.2. The van der Waals surface area contributed by atoms with Crippen molar-refractivity contribution in [3.05, 3.63) is 88.7 Å². The molecule has 172 valence electrons. The predicted octanol–water partition coefficient (Wildman–Crippen LogP) is 3.72. The second-order valence-electron chi connectivity index (χ2n) is 8.98. The van der Waals surface area contributed by atoms with E-state index >= 15 is 0 Å². The highest BCUT2D eigenvalue weighted by molar-refractivity contribution is 5.94. The average molecular weight is 445 g/mol. The molecule has 6 heteroatoms. The molecule has 0 spiro atoms. The Morgan fingerprint density at radius 2 is 1.70 bits per heavy atom. The van der Waals surface area contributed by atoms with E-state index in [1.54, 1.807) is 0 Å². The maximum absolute atomic E-state index is 12.7.